The number of ether oxygens (including phenoxy) is 3. The van der Waals surface area contributed by atoms with Crippen LogP contribution in [0.25, 0.3) is 11.0 Å². The zero-order chi connectivity index (χ0) is 33.2. The van der Waals surface area contributed by atoms with Gasteiger partial charge in [-0.3, -0.25) is 9.69 Å². The SMILES string of the molecule is COc1cc(OC)c(F)c(C(=O)c2oc3cnc(N=C(c4ccccc4)c4ccccc4)cc3c2N(C)C(=O)OC(C)(C)C)c1F. The molecule has 1 amide bonds. The number of aliphatic imine (C=N–C) groups is 1. The number of nitrogens with zero attached hydrogens (tertiary/aromatic N) is 3. The minimum atomic E-state index is -1.27. The number of furan rings is 1. The van der Waals surface area contributed by atoms with Crippen LogP contribution in [0.4, 0.5) is 25.1 Å². The molecule has 11 heteroatoms. The Balaban J connectivity index is 1.74. The van der Waals surface area contributed by atoms with Gasteiger partial charge in [0.05, 0.1) is 31.5 Å². The maximum atomic E-state index is 15.5. The van der Waals surface area contributed by atoms with Crippen LogP contribution in [0.5, 0.6) is 11.5 Å². The summed E-state index contributed by atoms with van der Waals surface area (Å²) in [5.74, 6) is -4.90. The number of halogens is 2. The fourth-order valence-corrected chi connectivity index (χ4v) is 4.75. The lowest BCUT2D eigenvalue weighted by Gasteiger charge is -2.24. The molecule has 2 heterocycles. The van der Waals surface area contributed by atoms with Crippen molar-refractivity contribution in [3.05, 3.63) is 113 Å². The molecular weight excluding hydrogens is 596 g/mol. The van der Waals surface area contributed by atoms with Crippen molar-refractivity contribution < 1.29 is 37.0 Å². The first-order valence-corrected chi connectivity index (χ1v) is 14.2. The van der Waals surface area contributed by atoms with Crippen LogP contribution in [-0.2, 0) is 4.74 Å². The van der Waals surface area contributed by atoms with Gasteiger partial charge in [0.25, 0.3) is 0 Å². The molecule has 0 fully saturated rings. The summed E-state index contributed by atoms with van der Waals surface area (Å²) in [7, 11) is 3.69. The molecule has 0 bridgehead atoms. The molecule has 0 saturated carbocycles. The number of rotatable bonds is 8. The van der Waals surface area contributed by atoms with Gasteiger partial charge >= 0.3 is 6.09 Å². The van der Waals surface area contributed by atoms with Gasteiger partial charge in [-0.1, -0.05) is 60.7 Å². The maximum Gasteiger partial charge on any atom is 0.414 e. The van der Waals surface area contributed by atoms with Gasteiger partial charge in [-0.05, 0) is 26.8 Å². The first-order chi connectivity index (χ1) is 21.9. The molecule has 0 aliphatic rings. The predicted molar refractivity (Wildman–Crippen MR) is 170 cm³/mol. The van der Waals surface area contributed by atoms with E-state index in [1.807, 2.05) is 60.7 Å². The van der Waals surface area contributed by atoms with E-state index in [2.05, 4.69) is 4.98 Å². The van der Waals surface area contributed by atoms with Crippen LogP contribution >= 0.6 is 0 Å². The Labute approximate surface area is 264 Å². The second-order valence-corrected chi connectivity index (χ2v) is 11.2. The number of methoxy groups -OCH3 is 2. The van der Waals surface area contributed by atoms with E-state index in [9.17, 15) is 9.59 Å². The average molecular weight is 628 g/mol. The smallest absolute Gasteiger partial charge is 0.414 e. The number of amides is 1. The van der Waals surface area contributed by atoms with E-state index in [0.717, 1.165) is 22.1 Å². The topological polar surface area (TPSA) is 103 Å². The highest BCUT2D eigenvalue weighted by Crippen LogP contribution is 2.40. The minimum absolute atomic E-state index is 0.0596. The third-order valence-electron chi connectivity index (χ3n) is 6.87. The summed E-state index contributed by atoms with van der Waals surface area (Å²) in [5, 5.41) is 0.224. The highest BCUT2D eigenvalue weighted by atomic mass is 19.1. The van der Waals surface area contributed by atoms with E-state index in [1.54, 1.807) is 20.8 Å². The Bertz CT molecular complexity index is 1880. The van der Waals surface area contributed by atoms with Crippen LogP contribution < -0.4 is 14.4 Å². The van der Waals surface area contributed by atoms with Gasteiger partial charge < -0.3 is 18.6 Å². The van der Waals surface area contributed by atoms with Crippen molar-refractivity contribution in [1.82, 2.24) is 4.98 Å². The summed E-state index contributed by atoms with van der Waals surface area (Å²) in [6.45, 7) is 5.03. The third-order valence-corrected chi connectivity index (χ3v) is 6.87. The molecule has 9 nitrogen and oxygen atoms in total. The summed E-state index contributed by atoms with van der Waals surface area (Å²) in [5.41, 5.74) is 0.327. The van der Waals surface area contributed by atoms with E-state index in [-0.39, 0.29) is 22.5 Å². The molecule has 0 N–H and O–H groups in total. The number of ketones is 1. The monoisotopic (exact) mass is 627 g/mol. The zero-order valence-corrected chi connectivity index (χ0v) is 26.1. The number of benzene rings is 3. The number of pyridine rings is 1. The molecule has 46 heavy (non-hydrogen) atoms. The molecule has 0 atom stereocenters. The van der Waals surface area contributed by atoms with Crippen molar-refractivity contribution in [3.8, 4) is 11.5 Å². The van der Waals surface area contributed by atoms with E-state index in [1.165, 1.54) is 33.5 Å². The van der Waals surface area contributed by atoms with Crippen molar-refractivity contribution in [3.63, 3.8) is 0 Å². The number of fused-ring (bicyclic) bond motifs is 1. The lowest BCUT2D eigenvalue weighted by atomic mass is 10.0. The molecule has 0 aliphatic carbocycles. The molecule has 2 aromatic heterocycles. The standard InChI is InChI=1S/C35H31F2N3O6/c1-35(2,3)46-34(42)40(4)31-22-17-26(39-30(20-13-9-7-10-14-20)21-15-11-8-12-16-21)38-19-25(22)45-33(31)32(41)27-28(36)23(43-5)18-24(44-6)29(27)37/h7-19H,1-6H3. The Morgan fingerprint density at radius 1 is 0.870 bits per heavy atom. The van der Waals surface area contributed by atoms with Crippen LogP contribution in [0.1, 0.15) is 48.0 Å². The van der Waals surface area contributed by atoms with Crippen molar-refractivity contribution >= 4 is 40.1 Å². The summed E-state index contributed by atoms with van der Waals surface area (Å²) < 4.78 is 52.4. The molecule has 0 aliphatic heterocycles. The average Bonchev–Trinajstić information content (AvgIpc) is 3.42. The number of hydrogen-bond donors (Lipinski definition) is 0. The van der Waals surface area contributed by atoms with Crippen LogP contribution in [-0.4, -0.2) is 49.4 Å². The van der Waals surface area contributed by atoms with Gasteiger partial charge in [0.2, 0.25) is 5.78 Å². The Morgan fingerprint density at radius 2 is 1.41 bits per heavy atom. The second kappa shape index (κ2) is 12.8. The maximum absolute atomic E-state index is 15.5. The van der Waals surface area contributed by atoms with Crippen molar-refractivity contribution in [2.45, 2.75) is 26.4 Å². The van der Waals surface area contributed by atoms with E-state index in [0.29, 0.717) is 5.71 Å². The molecule has 0 unspecified atom stereocenters. The molecule has 236 valence electrons. The summed E-state index contributed by atoms with van der Waals surface area (Å²) in [6, 6.07) is 21.5. The Kier molecular flexibility index (Phi) is 8.86. The highest BCUT2D eigenvalue weighted by Gasteiger charge is 2.34. The molecular formula is C35H31F2N3O6. The second-order valence-electron chi connectivity index (χ2n) is 11.2. The van der Waals surface area contributed by atoms with Crippen molar-refractivity contribution in [2.75, 3.05) is 26.2 Å². The number of anilines is 1. The summed E-state index contributed by atoms with van der Waals surface area (Å²) in [6.07, 6.45) is 0.480. The zero-order valence-electron chi connectivity index (χ0n) is 26.1. The van der Waals surface area contributed by atoms with Gasteiger partial charge in [0, 0.05) is 24.2 Å². The molecule has 5 aromatic rings. The number of carbonyl (C=O) groups is 2. The molecule has 5 rings (SSSR count). The molecule has 3 aromatic carbocycles. The quantitative estimate of drug-likeness (QED) is 0.127. The molecule has 0 saturated heterocycles. The minimum Gasteiger partial charge on any atom is -0.494 e. The first-order valence-electron chi connectivity index (χ1n) is 14.2. The van der Waals surface area contributed by atoms with Crippen LogP contribution in [0, 0.1) is 11.6 Å². The van der Waals surface area contributed by atoms with Gasteiger partial charge in [-0.25, -0.2) is 23.6 Å². The highest BCUT2D eigenvalue weighted by molar-refractivity contribution is 6.18. The Hall–Kier alpha value is -5.58. The van der Waals surface area contributed by atoms with Gasteiger partial charge in [0.1, 0.15) is 16.9 Å². The van der Waals surface area contributed by atoms with Gasteiger partial charge in [-0.15, -0.1) is 0 Å². The fraction of sp³-hybridized carbons (Fsp3) is 0.200. The van der Waals surface area contributed by atoms with Crippen LogP contribution in [0.15, 0.2) is 88.4 Å². The lowest BCUT2D eigenvalue weighted by molar-refractivity contribution is 0.0589. The normalized spacial score (nSPS) is 11.2. The van der Waals surface area contributed by atoms with Crippen molar-refractivity contribution in [2.24, 2.45) is 4.99 Å². The third kappa shape index (κ3) is 6.30. The number of hydrogen-bond acceptors (Lipinski definition) is 8. The van der Waals surface area contributed by atoms with Gasteiger partial charge in [0.15, 0.2) is 40.3 Å². The summed E-state index contributed by atoms with van der Waals surface area (Å²) in [4.78, 5) is 37.5. The number of carbonyl (C=O) groups excluding carboxylic acids is 2. The van der Waals surface area contributed by atoms with Crippen LogP contribution in [0.2, 0.25) is 0 Å². The summed E-state index contributed by atoms with van der Waals surface area (Å²) >= 11 is 0. The van der Waals surface area contributed by atoms with Crippen LogP contribution in [0.3, 0.4) is 0 Å². The molecule has 0 spiro atoms. The Morgan fingerprint density at radius 3 is 1.91 bits per heavy atom. The lowest BCUT2D eigenvalue weighted by Crippen LogP contribution is -2.34. The van der Waals surface area contributed by atoms with Crippen molar-refractivity contribution in [1.29, 1.82) is 0 Å². The first kappa shape index (κ1) is 31.8. The van der Waals surface area contributed by atoms with E-state index in [4.69, 9.17) is 23.6 Å². The largest absolute Gasteiger partial charge is 0.494 e. The van der Waals surface area contributed by atoms with E-state index < -0.39 is 51.9 Å². The fourth-order valence-electron chi connectivity index (χ4n) is 4.75. The van der Waals surface area contributed by atoms with Gasteiger partial charge in [-0.2, -0.15) is 0 Å². The predicted octanol–water partition coefficient (Wildman–Crippen LogP) is 7.89. The molecule has 0 radical (unpaired) electrons. The number of aromatic nitrogens is 1. The van der Waals surface area contributed by atoms with E-state index >= 15 is 8.78 Å².